The van der Waals surface area contributed by atoms with Crippen LogP contribution < -0.4 is 10.5 Å². The van der Waals surface area contributed by atoms with Gasteiger partial charge in [0.1, 0.15) is 5.82 Å². The highest BCUT2D eigenvalue weighted by Crippen LogP contribution is 2.26. The van der Waals surface area contributed by atoms with Crippen molar-refractivity contribution in [3.8, 4) is 0 Å². The van der Waals surface area contributed by atoms with Gasteiger partial charge in [-0.15, -0.1) is 0 Å². The number of nitrogens with zero attached hydrogens (tertiary/aromatic N) is 2. The fraction of sp³-hybridized carbons (Fsp3) is 0.182. The summed E-state index contributed by atoms with van der Waals surface area (Å²) in [6.45, 7) is 1.55. The largest absolute Gasteiger partial charge is 0.381 e. The second-order valence-corrected chi connectivity index (χ2v) is 6.21. The highest BCUT2D eigenvalue weighted by Gasteiger charge is 2.25. The zero-order chi connectivity index (χ0) is 15.1. The minimum atomic E-state index is -4.03. The number of hydrogen-bond acceptors (Lipinski definition) is 4. The van der Waals surface area contributed by atoms with Gasteiger partial charge in [0.25, 0.3) is 10.0 Å². The molecule has 0 aliphatic rings. The van der Waals surface area contributed by atoms with Crippen molar-refractivity contribution in [3.05, 3.63) is 34.7 Å². The predicted molar refractivity (Wildman–Crippen MR) is 74.6 cm³/mol. The average Bonchev–Trinajstić information content (AvgIpc) is 2.57. The Hall–Kier alpha value is -1.80. The number of halogens is 2. The number of hydrogen-bond donors (Lipinski definition) is 2. The lowest BCUT2D eigenvalue weighted by Crippen LogP contribution is -2.16. The van der Waals surface area contributed by atoms with Gasteiger partial charge in [0.15, 0.2) is 10.7 Å². The molecule has 1 aromatic heterocycles. The third-order valence-corrected chi connectivity index (χ3v) is 4.51. The molecule has 2 aromatic rings. The Kier molecular flexibility index (Phi) is 3.61. The van der Waals surface area contributed by atoms with Crippen molar-refractivity contribution in [1.29, 1.82) is 0 Å². The fourth-order valence-electron chi connectivity index (χ4n) is 1.71. The first-order chi connectivity index (χ1) is 9.22. The van der Waals surface area contributed by atoms with Crippen LogP contribution in [0.4, 0.5) is 15.9 Å². The summed E-state index contributed by atoms with van der Waals surface area (Å²) in [7, 11) is -2.47. The van der Waals surface area contributed by atoms with Crippen molar-refractivity contribution in [2.24, 2.45) is 7.05 Å². The Morgan fingerprint density at radius 1 is 1.45 bits per heavy atom. The van der Waals surface area contributed by atoms with E-state index in [1.165, 1.54) is 16.8 Å². The monoisotopic (exact) mass is 318 g/mol. The first-order valence-corrected chi connectivity index (χ1v) is 7.35. The van der Waals surface area contributed by atoms with Crippen molar-refractivity contribution in [3.63, 3.8) is 0 Å². The highest BCUT2D eigenvalue weighted by molar-refractivity contribution is 7.93. The molecule has 1 heterocycles. The minimum Gasteiger partial charge on any atom is -0.381 e. The van der Waals surface area contributed by atoms with E-state index in [1.54, 1.807) is 14.0 Å². The van der Waals surface area contributed by atoms with Crippen LogP contribution in [0.1, 0.15) is 5.69 Å². The second-order valence-electron chi connectivity index (χ2n) is 4.15. The molecule has 1 aromatic carbocycles. The average molecular weight is 319 g/mol. The lowest BCUT2D eigenvalue weighted by molar-refractivity contribution is 0.597. The number of benzene rings is 1. The third kappa shape index (κ3) is 2.56. The van der Waals surface area contributed by atoms with E-state index in [1.807, 2.05) is 0 Å². The molecule has 3 N–H and O–H groups in total. The van der Waals surface area contributed by atoms with Crippen LogP contribution in [0.25, 0.3) is 0 Å². The van der Waals surface area contributed by atoms with Gasteiger partial charge in [-0.25, -0.2) is 12.8 Å². The van der Waals surface area contributed by atoms with Crippen LogP contribution in [0.2, 0.25) is 5.02 Å². The van der Waals surface area contributed by atoms with Gasteiger partial charge < -0.3 is 5.73 Å². The summed E-state index contributed by atoms with van der Waals surface area (Å²) in [6, 6.07) is 3.62. The summed E-state index contributed by atoms with van der Waals surface area (Å²) >= 11 is 5.61. The first kappa shape index (κ1) is 14.6. The molecular formula is C11H12ClFN4O2S. The van der Waals surface area contributed by atoms with Crippen molar-refractivity contribution >= 4 is 33.1 Å². The lowest BCUT2D eigenvalue weighted by atomic mass is 10.3. The second kappa shape index (κ2) is 4.95. The Bertz CT molecular complexity index is 773. The van der Waals surface area contributed by atoms with E-state index in [9.17, 15) is 12.8 Å². The zero-order valence-electron chi connectivity index (χ0n) is 10.7. The summed E-state index contributed by atoms with van der Waals surface area (Å²) in [5.41, 5.74) is 5.72. The van der Waals surface area contributed by atoms with Gasteiger partial charge in [-0.2, -0.15) is 5.10 Å². The molecular weight excluding hydrogens is 307 g/mol. The van der Waals surface area contributed by atoms with Crippen molar-refractivity contribution < 1.29 is 12.8 Å². The van der Waals surface area contributed by atoms with E-state index in [-0.39, 0.29) is 21.4 Å². The molecule has 0 saturated heterocycles. The topological polar surface area (TPSA) is 90.0 Å². The quantitative estimate of drug-likeness (QED) is 0.904. The van der Waals surface area contributed by atoms with Crippen molar-refractivity contribution in [2.75, 3.05) is 10.5 Å². The number of nitrogens with two attached hydrogens (primary N) is 1. The van der Waals surface area contributed by atoms with Crippen molar-refractivity contribution in [1.82, 2.24) is 9.78 Å². The SMILES string of the molecule is Cc1c(S(=O)(=O)Nc2ccc(Cl)cc2F)c(N)nn1C. The molecule has 0 aliphatic carbocycles. The molecule has 2 rings (SSSR count). The van der Waals surface area contributed by atoms with Crippen LogP contribution in [0.5, 0.6) is 0 Å². The van der Waals surface area contributed by atoms with Gasteiger partial charge in [0.2, 0.25) is 0 Å². The molecule has 0 fully saturated rings. The zero-order valence-corrected chi connectivity index (χ0v) is 12.3. The van der Waals surface area contributed by atoms with Crippen LogP contribution in [0.3, 0.4) is 0 Å². The van der Waals surface area contributed by atoms with Gasteiger partial charge in [0, 0.05) is 12.1 Å². The smallest absolute Gasteiger partial charge is 0.267 e. The lowest BCUT2D eigenvalue weighted by Gasteiger charge is -2.09. The maximum atomic E-state index is 13.6. The molecule has 108 valence electrons. The maximum Gasteiger partial charge on any atom is 0.267 e. The molecule has 9 heteroatoms. The van der Waals surface area contributed by atoms with E-state index in [0.717, 1.165) is 6.07 Å². The highest BCUT2D eigenvalue weighted by atomic mass is 35.5. The summed E-state index contributed by atoms with van der Waals surface area (Å²) in [4.78, 5) is -0.172. The Balaban J connectivity index is 2.46. The van der Waals surface area contributed by atoms with Crippen LogP contribution in [0, 0.1) is 12.7 Å². The molecule has 6 nitrogen and oxygen atoms in total. The van der Waals surface area contributed by atoms with Crippen LogP contribution >= 0.6 is 11.6 Å². The molecule has 0 spiro atoms. The number of sulfonamides is 1. The molecule has 0 aliphatic heterocycles. The number of nitrogens with one attached hydrogen (secondary N) is 1. The Morgan fingerprint density at radius 3 is 2.60 bits per heavy atom. The molecule has 0 amide bonds. The van der Waals surface area contributed by atoms with E-state index in [2.05, 4.69) is 9.82 Å². The molecule has 0 atom stereocenters. The van der Waals surface area contributed by atoms with Crippen LogP contribution in [0.15, 0.2) is 23.1 Å². The van der Waals surface area contributed by atoms with E-state index in [0.29, 0.717) is 5.69 Å². The summed E-state index contributed by atoms with van der Waals surface area (Å²) in [5.74, 6) is -0.923. The van der Waals surface area contributed by atoms with E-state index in [4.69, 9.17) is 17.3 Å². The molecule has 0 saturated carbocycles. The number of aromatic nitrogens is 2. The molecule has 20 heavy (non-hydrogen) atoms. The van der Waals surface area contributed by atoms with E-state index >= 15 is 0 Å². The number of nitrogen functional groups attached to an aromatic ring is 1. The van der Waals surface area contributed by atoms with Crippen LogP contribution in [-0.4, -0.2) is 18.2 Å². The van der Waals surface area contributed by atoms with Gasteiger partial charge in [-0.05, 0) is 25.1 Å². The van der Waals surface area contributed by atoms with Gasteiger partial charge in [-0.1, -0.05) is 11.6 Å². The van der Waals surface area contributed by atoms with Gasteiger partial charge >= 0.3 is 0 Å². The Labute approximate surface area is 120 Å². The van der Waals surface area contributed by atoms with E-state index < -0.39 is 15.8 Å². The predicted octanol–water partition coefficient (Wildman–Crippen LogP) is 1.90. The minimum absolute atomic E-state index is 0.146. The number of aryl methyl sites for hydroxylation is 1. The van der Waals surface area contributed by atoms with Gasteiger partial charge in [-0.3, -0.25) is 9.40 Å². The maximum absolute atomic E-state index is 13.6. The summed E-state index contributed by atoms with van der Waals surface area (Å²) < 4.78 is 41.6. The standard InChI is InChI=1S/C11H12ClFN4O2S/c1-6-10(11(14)15-17(6)2)20(18,19)16-9-4-3-7(12)5-8(9)13/h3-5,16H,1-2H3,(H2,14,15). The number of rotatable bonds is 3. The first-order valence-electron chi connectivity index (χ1n) is 5.49. The van der Waals surface area contributed by atoms with Crippen molar-refractivity contribution in [2.45, 2.75) is 11.8 Å². The molecule has 0 bridgehead atoms. The number of anilines is 2. The molecule has 0 unspecified atom stereocenters. The fourth-order valence-corrected chi connectivity index (χ4v) is 3.27. The summed E-state index contributed by atoms with van der Waals surface area (Å²) in [6.07, 6.45) is 0. The van der Waals surface area contributed by atoms with Gasteiger partial charge in [0.05, 0.1) is 11.4 Å². The Morgan fingerprint density at radius 2 is 2.10 bits per heavy atom. The molecule has 0 radical (unpaired) electrons. The third-order valence-electron chi connectivity index (χ3n) is 2.75. The van der Waals surface area contributed by atoms with Crippen LogP contribution in [-0.2, 0) is 17.1 Å². The normalized spacial score (nSPS) is 11.6. The summed E-state index contributed by atoms with van der Waals surface area (Å²) in [5, 5.41) is 3.98.